The molecule has 2 fully saturated rings. The van der Waals surface area contributed by atoms with Gasteiger partial charge in [0.25, 0.3) is 0 Å². The van der Waals surface area contributed by atoms with Crippen LogP contribution in [0.1, 0.15) is 38.7 Å². The summed E-state index contributed by atoms with van der Waals surface area (Å²) >= 11 is 0. The molecule has 0 amide bonds. The topological polar surface area (TPSA) is 54.4 Å². The summed E-state index contributed by atoms with van der Waals surface area (Å²) in [5.74, 6) is 1.41. The number of likely N-dealkylation sites (N-methyl/N-ethyl adjacent to an activating group) is 1. The maximum atomic E-state index is 10.2. The molecule has 2 saturated heterocycles. The van der Waals surface area contributed by atoms with Crippen molar-refractivity contribution >= 4 is 0 Å². The summed E-state index contributed by atoms with van der Waals surface area (Å²) in [5, 5.41) is 10.2. The van der Waals surface area contributed by atoms with Crippen LogP contribution in [0.5, 0.6) is 11.5 Å². The molecule has 0 saturated carbocycles. The van der Waals surface area contributed by atoms with E-state index >= 15 is 0 Å². The van der Waals surface area contributed by atoms with E-state index in [2.05, 4.69) is 35.8 Å². The van der Waals surface area contributed by atoms with Crippen LogP contribution in [0, 0.1) is 0 Å². The molecular weight excluding hydrogens is 356 g/mol. The minimum absolute atomic E-state index is 0.192. The summed E-state index contributed by atoms with van der Waals surface area (Å²) in [6.07, 6.45) is 2.98. The zero-order valence-electron chi connectivity index (χ0n) is 17.7. The molecule has 0 unspecified atom stereocenters. The Kier molecular flexibility index (Phi) is 7.57. The van der Waals surface area contributed by atoms with Crippen molar-refractivity contribution in [2.24, 2.45) is 0 Å². The molecule has 0 aliphatic carbocycles. The molecule has 3 rings (SSSR count). The Hall–Kier alpha value is -1.34. The highest BCUT2D eigenvalue weighted by molar-refractivity contribution is 5.43. The molecular formula is C22H36N2O4. The summed E-state index contributed by atoms with van der Waals surface area (Å²) in [6.45, 7) is 10.9. The minimum atomic E-state index is -0.515. The lowest BCUT2D eigenvalue weighted by atomic mass is 9.84. The largest absolute Gasteiger partial charge is 0.493 e. The summed E-state index contributed by atoms with van der Waals surface area (Å²) in [5.41, 5.74) is 1.41. The number of hydrogen-bond donors (Lipinski definition) is 1. The number of aliphatic hydroxyl groups is 1. The fraction of sp³-hybridized carbons (Fsp3) is 0.727. The Morgan fingerprint density at radius 1 is 1.18 bits per heavy atom. The normalized spacial score (nSPS) is 20.2. The van der Waals surface area contributed by atoms with Crippen molar-refractivity contribution in [2.45, 2.75) is 51.4 Å². The lowest BCUT2D eigenvalue weighted by Gasteiger charge is -2.47. The molecule has 6 heteroatoms. The molecule has 1 spiro atoms. The van der Waals surface area contributed by atoms with Gasteiger partial charge in [-0.3, -0.25) is 4.90 Å². The van der Waals surface area contributed by atoms with Gasteiger partial charge in [0.05, 0.1) is 19.3 Å². The number of piperidine rings is 1. The van der Waals surface area contributed by atoms with Crippen molar-refractivity contribution in [2.75, 3.05) is 53.0 Å². The number of likely N-dealkylation sites (tertiary alicyclic amines) is 1. The van der Waals surface area contributed by atoms with Gasteiger partial charge in [-0.2, -0.15) is 0 Å². The van der Waals surface area contributed by atoms with Crippen LogP contribution in [-0.2, 0) is 11.3 Å². The van der Waals surface area contributed by atoms with Gasteiger partial charge in [-0.1, -0.05) is 19.9 Å². The van der Waals surface area contributed by atoms with Crippen molar-refractivity contribution in [1.82, 2.24) is 9.80 Å². The monoisotopic (exact) mass is 392 g/mol. The molecule has 0 radical (unpaired) electrons. The Labute approximate surface area is 169 Å². The van der Waals surface area contributed by atoms with E-state index in [0.29, 0.717) is 12.3 Å². The van der Waals surface area contributed by atoms with Crippen molar-refractivity contribution in [3.8, 4) is 11.5 Å². The number of ether oxygens (including phenoxy) is 3. The van der Waals surface area contributed by atoms with Crippen LogP contribution in [0.3, 0.4) is 0 Å². The zero-order valence-corrected chi connectivity index (χ0v) is 17.7. The maximum absolute atomic E-state index is 10.2. The molecule has 6 nitrogen and oxygen atoms in total. The number of methoxy groups -OCH3 is 1. The van der Waals surface area contributed by atoms with Crippen LogP contribution in [0.2, 0.25) is 0 Å². The summed E-state index contributed by atoms with van der Waals surface area (Å²) in [4.78, 5) is 4.67. The molecule has 0 aromatic heterocycles. The lowest BCUT2D eigenvalue weighted by molar-refractivity contribution is -0.173. The second-order valence-corrected chi connectivity index (χ2v) is 7.99. The van der Waals surface area contributed by atoms with E-state index in [4.69, 9.17) is 14.2 Å². The predicted octanol–water partition coefficient (Wildman–Crippen LogP) is 2.53. The highest BCUT2D eigenvalue weighted by atomic mass is 16.5. The van der Waals surface area contributed by atoms with Gasteiger partial charge in [-0.25, -0.2) is 0 Å². The third-order valence-electron chi connectivity index (χ3n) is 6.16. The average Bonchev–Trinajstić information content (AvgIpc) is 2.70. The first-order valence-electron chi connectivity index (χ1n) is 10.6. The molecule has 1 aromatic rings. The van der Waals surface area contributed by atoms with Crippen LogP contribution < -0.4 is 9.47 Å². The van der Waals surface area contributed by atoms with Crippen LogP contribution >= 0.6 is 0 Å². The Bertz CT molecular complexity index is 607. The first kappa shape index (κ1) is 21.4. The van der Waals surface area contributed by atoms with Crippen molar-refractivity contribution in [3.63, 3.8) is 0 Å². The van der Waals surface area contributed by atoms with Crippen LogP contribution in [0.25, 0.3) is 0 Å². The van der Waals surface area contributed by atoms with Gasteiger partial charge in [0.1, 0.15) is 12.7 Å². The molecule has 1 N–H and O–H groups in total. The predicted molar refractivity (Wildman–Crippen MR) is 110 cm³/mol. The molecule has 158 valence electrons. The lowest BCUT2D eigenvalue weighted by Crippen LogP contribution is -2.52. The van der Waals surface area contributed by atoms with Gasteiger partial charge in [-0.05, 0) is 50.0 Å². The number of aliphatic hydroxyl groups excluding tert-OH is 1. The maximum Gasteiger partial charge on any atom is 0.161 e. The third-order valence-corrected chi connectivity index (χ3v) is 6.16. The molecule has 28 heavy (non-hydrogen) atoms. The summed E-state index contributed by atoms with van der Waals surface area (Å²) in [6, 6.07) is 6.11. The van der Waals surface area contributed by atoms with E-state index < -0.39 is 6.10 Å². The Balaban J connectivity index is 1.50. The average molecular weight is 393 g/mol. The van der Waals surface area contributed by atoms with Crippen LogP contribution in [0.15, 0.2) is 18.2 Å². The molecule has 0 bridgehead atoms. The van der Waals surface area contributed by atoms with Crippen LogP contribution in [0.4, 0.5) is 0 Å². The number of benzene rings is 1. The number of rotatable bonds is 10. The quantitative estimate of drug-likeness (QED) is 0.660. The smallest absolute Gasteiger partial charge is 0.161 e. The molecule has 2 aliphatic heterocycles. The standard InChI is InChI=1S/C22H36N2O4/c1-4-23(5-2)16-19(25)17-27-20-7-6-18(14-21(20)26-3)15-24-11-8-22(9-12-24)10-13-28-22/h6-7,14,19,25H,4-5,8-13,15-17H2,1-3H3/t19-/m0/s1. The van der Waals surface area contributed by atoms with Crippen LogP contribution in [-0.4, -0.2) is 79.7 Å². The second kappa shape index (κ2) is 9.92. The Morgan fingerprint density at radius 2 is 1.89 bits per heavy atom. The fourth-order valence-corrected chi connectivity index (χ4v) is 4.11. The van der Waals surface area contributed by atoms with E-state index in [9.17, 15) is 5.11 Å². The summed E-state index contributed by atoms with van der Waals surface area (Å²) in [7, 11) is 1.66. The van der Waals surface area contributed by atoms with E-state index in [0.717, 1.165) is 57.9 Å². The van der Waals surface area contributed by atoms with Gasteiger partial charge >= 0.3 is 0 Å². The third kappa shape index (κ3) is 5.38. The van der Waals surface area contributed by atoms with Gasteiger partial charge in [0, 0.05) is 26.2 Å². The Morgan fingerprint density at radius 3 is 2.46 bits per heavy atom. The minimum Gasteiger partial charge on any atom is -0.493 e. The SMILES string of the molecule is CCN(CC)C[C@H](O)COc1ccc(CN2CCC3(CCO3)CC2)cc1OC. The van der Waals surface area contributed by atoms with Crippen molar-refractivity contribution in [3.05, 3.63) is 23.8 Å². The second-order valence-electron chi connectivity index (χ2n) is 7.99. The van der Waals surface area contributed by atoms with E-state index in [-0.39, 0.29) is 12.2 Å². The summed E-state index contributed by atoms with van der Waals surface area (Å²) < 4.78 is 17.2. The highest BCUT2D eigenvalue weighted by Gasteiger charge is 2.40. The zero-order chi connectivity index (χ0) is 20.0. The number of nitrogens with zero attached hydrogens (tertiary/aromatic N) is 2. The first-order valence-corrected chi connectivity index (χ1v) is 10.6. The van der Waals surface area contributed by atoms with Crippen molar-refractivity contribution < 1.29 is 19.3 Å². The van der Waals surface area contributed by atoms with E-state index in [1.165, 1.54) is 12.0 Å². The fourth-order valence-electron chi connectivity index (χ4n) is 4.11. The van der Waals surface area contributed by atoms with Gasteiger partial charge in [-0.15, -0.1) is 0 Å². The number of hydrogen-bond acceptors (Lipinski definition) is 6. The molecule has 2 aliphatic rings. The molecule has 1 aromatic carbocycles. The van der Waals surface area contributed by atoms with Gasteiger partial charge in [0.15, 0.2) is 11.5 Å². The first-order chi connectivity index (χ1) is 13.6. The highest BCUT2D eigenvalue weighted by Crippen LogP contribution is 2.37. The molecule has 2 heterocycles. The van der Waals surface area contributed by atoms with Gasteiger partial charge < -0.3 is 24.2 Å². The van der Waals surface area contributed by atoms with Crippen molar-refractivity contribution in [1.29, 1.82) is 0 Å². The van der Waals surface area contributed by atoms with E-state index in [1.807, 2.05) is 6.07 Å². The molecule has 1 atom stereocenters. The van der Waals surface area contributed by atoms with Gasteiger partial charge in [0.2, 0.25) is 0 Å². The van der Waals surface area contributed by atoms with E-state index in [1.54, 1.807) is 7.11 Å².